The minimum atomic E-state index is -4.53. The van der Waals surface area contributed by atoms with Gasteiger partial charge in [-0.1, -0.05) is 23.9 Å². The van der Waals surface area contributed by atoms with E-state index in [-0.39, 0.29) is 29.0 Å². The molecule has 4 rings (SSSR count). The molecule has 1 N–H and O–H groups in total. The molecule has 33 heavy (non-hydrogen) atoms. The molecule has 2 aliphatic rings. The highest BCUT2D eigenvalue weighted by Crippen LogP contribution is 2.37. The monoisotopic (exact) mass is 499 g/mol. The van der Waals surface area contributed by atoms with E-state index in [0.29, 0.717) is 16.6 Å². The van der Waals surface area contributed by atoms with Crippen LogP contribution in [0.25, 0.3) is 0 Å². The first-order valence-electron chi connectivity index (χ1n) is 9.88. The summed E-state index contributed by atoms with van der Waals surface area (Å²) in [6.07, 6.45) is -4.53. The summed E-state index contributed by atoms with van der Waals surface area (Å²) in [6.45, 7) is -0.235. The SMILES string of the molecule is COc1cccc(N(CC(=O)Nc2cccc(C(F)(F)F)c2)C2=NC3CS(=O)(=O)CC3S2)c1. The Morgan fingerprint density at radius 2 is 1.97 bits per heavy atom. The van der Waals surface area contributed by atoms with Gasteiger partial charge in [-0.05, 0) is 30.3 Å². The number of alkyl halides is 3. The van der Waals surface area contributed by atoms with Gasteiger partial charge in [-0.25, -0.2) is 8.42 Å². The minimum absolute atomic E-state index is 0.0116. The van der Waals surface area contributed by atoms with Crippen LogP contribution < -0.4 is 15.0 Å². The Morgan fingerprint density at radius 1 is 1.21 bits per heavy atom. The van der Waals surface area contributed by atoms with Crippen LogP contribution in [0, 0.1) is 0 Å². The molecule has 2 aromatic carbocycles. The highest BCUT2D eigenvalue weighted by Gasteiger charge is 2.44. The maximum absolute atomic E-state index is 13.0. The Balaban J connectivity index is 1.57. The van der Waals surface area contributed by atoms with Gasteiger partial charge in [0, 0.05) is 22.7 Å². The number of ether oxygens (including phenoxy) is 1. The number of amidine groups is 1. The standard InChI is InChI=1S/C21H20F3N3O4S2/c1-31-16-7-3-6-15(9-16)27(20-26-17-11-33(29,30)12-18(17)32-20)10-19(28)25-14-5-2-4-13(8-14)21(22,23)24/h2-9,17-18H,10-12H2,1H3,(H,25,28). The third-order valence-corrected chi connectivity index (χ3v) is 8.42. The summed E-state index contributed by atoms with van der Waals surface area (Å²) in [7, 11) is -1.65. The lowest BCUT2D eigenvalue weighted by molar-refractivity contribution is -0.137. The fourth-order valence-electron chi connectivity index (χ4n) is 3.64. The number of benzene rings is 2. The molecule has 2 unspecified atom stereocenters. The molecule has 2 atom stereocenters. The second-order valence-corrected chi connectivity index (χ2v) is 11.0. The van der Waals surface area contributed by atoms with E-state index >= 15 is 0 Å². The summed E-state index contributed by atoms with van der Waals surface area (Å²) in [6, 6.07) is 10.9. The zero-order valence-corrected chi connectivity index (χ0v) is 19.0. The topological polar surface area (TPSA) is 88.1 Å². The fraction of sp³-hybridized carbons (Fsp3) is 0.333. The lowest BCUT2D eigenvalue weighted by Gasteiger charge is -2.24. The van der Waals surface area contributed by atoms with Crippen LogP contribution in [0.1, 0.15) is 5.56 Å². The first kappa shape index (κ1) is 23.4. The van der Waals surface area contributed by atoms with Crippen molar-refractivity contribution in [2.75, 3.05) is 35.4 Å². The number of rotatable bonds is 5. The van der Waals surface area contributed by atoms with Crippen molar-refractivity contribution in [2.45, 2.75) is 17.5 Å². The van der Waals surface area contributed by atoms with E-state index in [1.54, 1.807) is 29.2 Å². The van der Waals surface area contributed by atoms with Crippen LogP contribution in [-0.2, 0) is 20.8 Å². The van der Waals surface area contributed by atoms with Gasteiger partial charge in [0.15, 0.2) is 15.0 Å². The number of amides is 1. The van der Waals surface area contributed by atoms with Gasteiger partial charge in [0.1, 0.15) is 12.3 Å². The molecule has 12 heteroatoms. The number of hydrogen-bond donors (Lipinski definition) is 1. The summed E-state index contributed by atoms with van der Waals surface area (Å²) in [5, 5.41) is 2.75. The predicted molar refractivity (Wildman–Crippen MR) is 122 cm³/mol. The van der Waals surface area contributed by atoms with Crippen molar-refractivity contribution >= 4 is 44.0 Å². The molecule has 1 saturated heterocycles. The number of hydrogen-bond acceptors (Lipinski definition) is 7. The fourth-order valence-corrected chi connectivity index (χ4v) is 7.42. The first-order chi connectivity index (χ1) is 15.5. The molecule has 0 radical (unpaired) electrons. The van der Waals surface area contributed by atoms with Crippen molar-refractivity contribution in [3.8, 4) is 5.75 Å². The number of carbonyl (C=O) groups excluding carboxylic acids is 1. The number of methoxy groups -OCH3 is 1. The molecule has 1 amide bonds. The van der Waals surface area contributed by atoms with E-state index in [1.807, 2.05) is 0 Å². The number of anilines is 2. The van der Waals surface area contributed by atoms with E-state index < -0.39 is 33.5 Å². The lowest BCUT2D eigenvalue weighted by atomic mass is 10.2. The summed E-state index contributed by atoms with van der Waals surface area (Å²) in [5.41, 5.74) is -0.262. The van der Waals surface area contributed by atoms with Gasteiger partial charge in [0.05, 0.1) is 30.2 Å². The molecule has 0 aromatic heterocycles. The van der Waals surface area contributed by atoms with Gasteiger partial charge in [-0.15, -0.1) is 0 Å². The van der Waals surface area contributed by atoms with Gasteiger partial charge < -0.3 is 15.0 Å². The van der Waals surface area contributed by atoms with Crippen LogP contribution in [0.4, 0.5) is 24.5 Å². The average Bonchev–Trinajstić information content (AvgIpc) is 3.25. The minimum Gasteiger partial charge on any atom is -0.497 e. The lowest BCUT2D eigenvalue weighted by Crippen LogP contribution is -2.36. The number of nitrogens with zero attached hydrogens (tertiary/aromatic N) is 2. The third kappa shape index (κ3) is 5.44. The number of thioether (sulfide) groups is 1. The molecule has 2 heterocycles. The zero-order valence-electron chi connectivity index (χ0n) is 17.4. The first-order valence-corrected chi connectivity index (χ1v) is 12.6. The van der Waals surface area contributed by atoms with Crippen molar-refractivity contribution < 1.29 is 31.1 Å². The van der Waals surface area contributed by atoms with Crippen LogP contribution in [0.2, 0.25) is 0 Å². The largest absolute Gasteiger partial charge is 0.497 e. The van der Waals surface area contributed by atoms with Crippen LogP contribution in [0.3, 0.4) is 0 Å². The summed E-state index contributed by atoms with van der Waals surface area (Å²) in [5.74, 6) is -0.0406. The van der Waals surface area contributed by atoms with Gasteiger partial charge in [0.2, 0.25) is 5.91 Å². The molecule has 2 aliphatic heterocycles. The van der Waals surface area contributed by atoms with Crippen molar-refractivity contribution in [3.63, 3.8) is 0 Å². The molecule has 0 aliphatic carbocycles. The zero-order chi connectivity index (χ0) is 23.8. The average molecular weight is 500 g/mol. The van der Waals surface area contributed by atoms with Crippen LogP contribution in [-0.4, -0.2) is 55.9 Å². The maximum Gasteiger partial charge on any atom is 0.416 e. The van der Waals surface area contributed by atoms with Crippen LogP contribution in [0.15, 0.2) is 53.5 Å². The summed E-state index contributed by atoms with van der Waals surface area (Å²) in [4.78, 5) is 18.9. The highest BCUT2D eigenvalue weighted by molar-refractivity contribution is 8.15. The highest BCUT2D eigenvalue weighted by atomic mass is 32.2. The molecule has 176 valence electrons. The Kier molecular flexibility index (Phi) is 6.32. The summed E-state index contributed by atoms with van der Waals surface area (Å²) >= 11 is 1.28. The van der Waals surface area contributed by atoms with Crippen molar-refractivity contribution in [2.24, 2.45) is 4.99 Å². The molecular weight excluding hydrogens is 479 g/mol. The van der Waals surface area contributed by atoms with Crippen molar-refractivity contribution in [3.05, 3.63) is 54.1 Å². The van der Waals surface area contributed by atoms with E-state index in [4.69, 9.17) is 4.74 Å². The summed E-state index contributed by atoms with van der Waals surface area (Å²) < 4.78 is 68.0. The number of nitrogens with one attached hydrogen (secondary N) is 1. The van der Waals surface area contributed by atoms with E-state index in [1.165, 1.54) is 31.0 Å². The second-order valence-electron chi connectivity index (χ2n) is 7.63. The van der Waals surface area contributed by atoms with Crippen molar-refractivity contribution in [1.29, 1.82) is 0 Å². The predicted octanol–water partition coefficient (Wildman–Crippen LogP) is 3.43. The van der Waals surface area contributed by atoms with Gasteiger partial charge in [0.25, 0.3) is 0 Å². The van der Waals surface area contributed by atoms with Gasteiger partial charge in [-0.2, -0.15) is 13.2 Å². The van der Waals surface area contributed by atoms with Crippen LogP contribution in [0.5, 0.6) is 5.75 Å². The quantitative estimate of drug-likeness (QED) is 0.678. The molecule has 0 bridgehead atoms. The number of halogens is 3. The van der Waals surface area contributed by atoms with E-state index in [0.717, 1.165) is 12.1 Å². The third-order valence-electron chi connectivity index (χ3n) is 5.18. The van der Waals surface area contributed by atoms with E-state index in [9.17, 15) is 26.4 Å². The molecular formula is C21H20F3N3O4S2. The molecule has 2 aromatic rings. The molecule has 7 nitrogen and oxygen atoms in total. The molecule has 0 spiro atoms. The van der Waals surface area contributed by atoms with Gasteiger partial charge >= 0.3 is 6.18 Å². The molecule has 0 saturated carbocycles. The number of fused-ring (bicyclic) bond motifs is 1. The smallest absolute Gasteiger partial charge is 0.416 e. The Labute approximate surface area is 192 Å². The van der Waals surface area contributed by atoms with Crippen LogP contribution >= 0.6 is 11.8 Å². The number of carbonyl (C=O) groups is 1. The van der Waals surface area contributed by atoms with Gasteiger partial charge in [-0.3, -0.25) is 9.79 Å². The molecule has 1 fully saturated rings. The Hall–Kier alpha value is -2.73. The number of sulfone groups is 1. The van der Waals surface area contributed by atoms with E-state index in [2.05, 4.69) is 10.3 Å². The second kappa shape index (κ2) is 8.90. The normalized spacial score (nSPS) is 21.3. The van der Waals surface area contributed by atoms with Crippen molar-refractivity contribution in [1.82, 2.24) is 0 Å². The maximum atomic E-state index is 13.0. The Bertz CT molecular complexity index is 1200. The number of aliphatic imine (C=N–C) groups is 1. The Morgan fingerprint density at radius 3 is 2.67 bits per heavy atom.